The van der Waals surface area contributed by atoms with Crippen molar-refractivity contribution >= 4 is 39.5 Å². The van der Waals surface area contributed by atoms with Crippen molar-refractivity contribution in [3.63, 3.8) is 0 Å². The van der Waals surface area contributed by atoms with E-state index < -0.39 is 52.4 Å². The molecule has 234 valence electrons. The van der Waals surface area contributed by atoms with E-state index in [-0.39, 0.29) is 33.9 Å². The van der Waals surface area contributed by atoms with E-state index in [0.29, 0.717) is 21.5 Å². The second-order valence-corrected chi connectivity index (χ2v) is 10.3. The van der Waals surface area contributed by atoms with E-state index in [1.807, 2.05) is 0 Å². The van der Waals surface area contributed by atoms with Gasteiger partial charge in [-0.05, 0) is 102 Å². The fourth-order valence-electron chi connectivity index (χ4n) is 4.71. The second-order valence-electron chi connectivity index (χ2n) is 10.3. The highest BCUT2D eigenvalue weighted by Gasteiger charge is 2.20. The molecular formula is C35H22O12. The molecule has 0 aromatic heterocycles. The summed E-state index contributed by atoms with van der Waals surface area (Å²) in [5.74, 6) is -5.15. The molecule has 0 saturated carbocycles. The van der Waals surface area contributed by atoms with Crippen molar-refractivity contribution in [3.8, 4) is 51.7 Å². The number of carbonyl (C=O) groups excluding carboxylic acids is 3. The fourth-order valence-corrected chi connectivity index (χ4v) is 4.71. The number of phenolic OH excluding ortho intramolecular Hbond substituents is 6. The number of benzene rings is 6. The van der Waals surface area contributed by atoms with E-state index in [0.717, 1.165) is 36.4 Å². The third-order valence-corrected chi connectivity index (χ3v) is 7.10. The van der Waals surface area contributed by atoms with Crippen LogP contribution >= 0.6 is 0 Å². The van der Waals surface area contributed by atoms with Crippen LogP contribution in [0.4, 0.5) is 0 Å². The molecule has 6 aromatic rings. The molecule has 0 heterocycles. The number of esters is 3. The van der Waals surface area contributed by atoms with Gasteiger partial charge in [-0.1, -0.05) is 6.07 Å². The number of phenols is 6. The Hall–Kier alpha value is -6.95. The number of fused-ring (bicyclic) bond motifs is 2. The maximum atomic E-state index is 13.2. The quantitative estimate of drug-likeness (QED) is 0.0551. The minimum atomic E-state index is -0.890. The Morgan fingerprint density at radius 1 is 0.383 bits per heavy atom. The van der Waals surface area contributed by atoms with Crippen LogP contribution in [0.25, 0.3) is 21.5 Å². The lowest BCUT2D eigenvalue weighted by Crippen LogP contribution is -2.10. The zero-order chi connectivity index (χ0) is 33.4. The Bertz CT molecular complexity index is 2260. The van der Waals surface area contributed by atoms with E-state index in [1.54, 1.807) is 12.1 Å². The fraction of sp³-hybridized carbons (Fsp3) is 0. The molecule has 0 bridgehead atoms. The van der Waals surface area contributed by atoms with Gasteiger partial charge in [0.1, 0.15) is 17.2 Å². The van der Waals surface area contributed by atoms with Gasteiger partial charge in [0.05, 0.1) is 16.7 Å². The number of carbonyl (C=O) groups is 3. The molecule has 0 aliphatic rings. The van der Waals surface area contributed by atoms with E-state index in [2.05, 4.69) is 0 Å². The monoisotopic (exact) mass is 634 g/mol. The zero-order valence-electron chi connectivity index (χ0n) is 23.9. The molecule has 0 saturated heterocycles. The Balaban J connectivity index is 1.40. The molecule has 0 spiro atoms. The minimum Gasteiger partial charge on any atom is -0.504 e. The summed E-state index contributed by atoms with van der Waals surface area (Å²) < 4.78 is 16.8. The first-order valence-corrected chi connectivity index (χ1v) is 13.7. The first-order valence-electron chi connectivity index (χ1n) is 13.7. The van der Waals surface area contributed by atoms with Gasteiger partial charge < -0.3 is 44.8 Å². The van der Waals surface area contributed by atoms with E-state index in [9.17, 15) is 45.0 Å². The van der Waals surface area contributed by atoms with Gasteiger partial charge >= 0.3 is 17.9 Å². The maximum Gasteiger partial charge on any atom is 0.343 e. The average Bonchev–Trinajstić information content (AvgIpc) is 3.04. The minimum absolute atomic E-state index is 0.0183. The second kappa shape index (κ2) is 11.9. The molecule has 12 nitrogen and oxygen atoms in total. The normalized spacial score (nSPS) is 10.9. The van der Waals surface area contributed by atoms with Crippen LogP contribution in [0.2, 0.25) is 0 Å². The SMILES string of the molecule is O=C(Oc1ccc2c(OC(=O)c3ccc(O)c(O)c3)c3cc(OC(=O)c4ccc(O)c(O)c4)ccc3cc2c1)c1ccc(O)c(O)c1. The molecule has 6 rings (SSSR count). The average molecular weight is 635 g/mol. The van der Waals surface area contributed by atoms with Crippen LogP contribution in [0.15, 0.2) is 97.1 Å². The molecule has 6 N–H and O–H groups in total. The van der Waals surface area contributed by atoms with Gasteiger partial charge in [0.15, 0.2) is 34.5 Å². The lowest BCUT2D eigenvalue weighted by atomic mass is 10.0. The van der Waals surface area contributed by atoms with Crippen molar-refractivity contribution in [1.82, 2.24) is 0 Å². The van der Waals surface area contributed by atoms with Crippen molar-refractivity contribution in [2.75, 3.05) is 0 Å². The number of aromatic hydroxyl groups is 6. The van der Waals surface area contributed by atoms with E-state index in [1.165, 1.54) is 48.5 Å². The van der Waals surface area contributed by atoms with Gasteiger partial charge in [-0.2, -0.15) is 0 Å². The van der Waals surface area contributed by atoms with Gasteiger partial charge in [-0.25, -0.2) is 14.4 Å². The van der Waals surface area contributed by atoms with Crippen molar-refractivity contribution in [1.29, 1.82) is 0 Å². The lowest BCUT2D eigenvalue weighted by Gasteiger charge is -2.14. The summed E-state index contributed by atoms with van der Waals surface area (Å²) in [6.45, 7) is 0. The molecule has 0 aliphatic carbocycles. The van der Waals surface area contributed by atoms with Crippen LogP contribution < -0.4 is 14.2 Å². The van der Waals surface area contributed by atoms with Crippen molar-refractivity contribution in [2.24, 2.45) is 0 Å². The molecule has 0 atom stereocenters. The zero-order valence-corrected chi connectivity index (χ0v) is 23.9. The first kappa shape index (κ1) is 30.1. The summed E-state index contributed by atoms with van der Waals surface area (Å²) in [7, 11) is 0. The number of ether oxygens (including phenoxy) is 3. The summed E-state index contributed by atoms with van der Waals surface area (Å²) in [6.07, 6.45) is 0. The Kier molecular flexibility index (Phi) is 7.59. The highest BCUT2D eigenvalue weighted by atomic mass is 16.5. The molecule has 6 aromatic carbocycles. The molecule has 0 aliphatic heterocycles. The van der Waals surface area contributed by atoms with Crippen LogP contribution in [0.3, 0.4) is 0 Å². The van der Waals surface area contributed by atoms with E-state index >= 15 is 0 Å². The summed E-state index contributed by atoms with van der Waals surface area (Å²) >= 11 is 0. The summed E-state index contributed by atoms with van der Waals surface area (Å²) in [5, 5.41) is 59.9. The summed E-state index contributed by atoms with van der Waals surface area (Å²) in [5.41, 5.74) is -0.138. The van der Waals surface area contributed by atoms with Crippen LogP contribution in [-0.4, -0.2) is 48.5 Å². The third kappa shape index (κ3) is 6.06. The number of rotatable bonds is 6. The smallest absolute Gasteiger partial charge is 0.343 e. The standard InChI is InChI=1S/C35H22O12/c36-26-8-2-18(13-29(26)39)33(42)45-22-6-7-24-21(12-22)11-17-1-5-23(46-34(43)19-3-9-27(37)30(40)14-19)16-25(17)32(24)47-35(44)20-4-10-28(38)31(41)15-20/h1-16,36-41H. The Morgan fingerprint density at radius 3 is 1.32 bits per heavy atom. The highest BCUT2D eigenvalue weighted by molar-refractivity contribution is 6.09. The third-order valence-electron chi connectivity index (χ3n) is 7.10. The van der Waals surface area contributed by atoms with Crippen molar-refractivity contribution < 1.29 is 59.2 Å². The van der Waals surface area contributed by atoms with Crippen molar-refractivity contribution in [2.45, 2.75) is 0 Å². The predicted octanol–water partition coefficient (Wildman–Crippen LogP) is 5.88. The number of hydrogen-bond acceptors (Lipinski definition) is 12. The number of hydrogen-bond donors (Lipinski definition) is 6. The largest absolute Gasteiger partial charge is 0.504 e. The van der Waals surface area contributed by atoms with Crippen LogP contribution in [-0.2, 0) is 0 Å². The predicted molar refractivity (Wildman–Crippen MR) is 166 cm³/mol. The van der Waals surface area contributed by atoms with Crippen LogP contribution in [0, 0.1) is 0 Å². The highest BCUT2D eigenvalue weighted by Crippen LogP contribution is 2.39. The van der Waals surface area contributed by atoms with Crippen molar-refractivity contribution in [3.05, 3.63) is 114 Å². The Morgan fingerprint density at radius 2 is 0.830 bits per heavy atom. The van der Waals surface area contributed by atoms with Gasteiger partial charge in [-0.15, -0.1) is 0 Å². The van der Waals surface area contributed by atoms with E-state index in [4.69, 9.17) is 14.2 Å². The van der Waals surface area contributed by atoms with Gasteiger partial charge in [0.2, 0.25) is 0 Å². The summed E-state index contributed by atoms with van der Waals surface area (Å²) in [4.78, 5) is 38.7. The van der Waals surface area contributed by atoms with Gasteiger partial charge in [0, 0.05) is 10.8 Å². The molecule has 47 heavy (non-hydrogen) atoms. The molecule has 0 unspecified atom stereocenters. The molecular weight excluding hydrogens is 612 g/mol. The van der Waals surface area contributed by atoms with Gasteiger partial charge in [0.25, 0.3) is 0 Å². The lowest BCUT2D eigenvalue weighted by molar-refractivity contribution is 0.0724. The van der Waals surface area contributed by atoms with Crippen LogP contribution in [0.1, 0.15) is 31.1 Å². The molecule has 0 fully saturated rings. The molecule has 0 amide bonds. The summed E-state index contributed by atoms with van der Waals surface area (Å²) in [6, 6.07) is 21.1. The Labute approximate surface area is 264 Å². The topological polar surface area (TPSA) is 200 Å². The molecule has 0 radical (unpaired) electrons. The maximum absolute atomic E-state index is 13.2. The van der Waals surface area contributed by atoms with Gasteiger partial charge in [-0.3, -0.25) is 0 Å². The molecule has 12 heteroatoms. The first-order chi connectivity index (χ1) is 22.5. The van der Waals surface area contributed by atoms with Crippen LogP contribution in [0.5, 0.6) is 51.7 Å².